The van der Waals surface area contributed by atoms with Gasteiger partial charge in [0.15, 0.2) is 5.82 Å². The van der Waals surface area contributed by atoms with E-state index in [9.17, 15) is 9.59 Å². The van der Waals surface area contributed by atoms with Crippen LogP contribution in [-0.2, 0) is 9.59 Å². The van der Waals surface area contributed by atoms with Crippen molar-refractivity contribution in [1.82, 2.24) is 14.3 Å². The van der Waals surface area contributed by atoms with Crippen molar-refractivity contribution in [2.75, 3.05) is 11.9 Å². The number of nitrogens with zero attached hydrogens (tertiary/aromatic N) is 3. The van der Waals surface area contributed by atoms with Crippen LogP contribution in [-0.4, -0.2) is 38.7 Å². The van der Waals surface area contributed by atoms with E-state index in [0.717, 1.165) is 23.5 Å². The number of likely N-dealkylation sites (tertiary alicyclic amines) is 1. The van der Waals surface area contributed by atoms with E-state index in [1.165, 1.54) is 0 Å². The van der Waals surface area contributed by atoms with E-state index in [0.29, 0.717) is 30.3 Å². The first-order valence-corrected chi connectivity index (χ1v) is 8.87. The van der Waals surface area contributed by atoms with Crippen LogP contribution in [0.5, 0.6) is 0 Å². The van der Waals surface area contributed by atoms with Gasteiger partial charge in [0.2, 0.25) is 16.9 Å². The standard InChI is InChI=1S/C14H16N4O2S2/c1-2-10(18-6-3-4-11(18)19)13(20)16-14-15-12(17-22-14)9-5-7-21-8-9/h5,7-8,10H,2-4,6H2,1H3,(H,15,16,17,20). The molecule has 0 radical (unpaired) electrons. The molecule has 2 aromatic rings. The summed E-state index contributed by atoms with van der Waals surface area (Å²) in [5.41, 5.74) is 0.948. The molecule has 3 rings (SSSR count). The summed E-state index contributed by atoms with van der Waals surface area (Å²) in [6, 6.07) is 1.51. The molecule has 3 heterocycles. The van der Waals surface area contributed by atoms with Crippen molar-refractivity contribution in [1.29, 1.82) is 0 Å². The molecule has 1 unspecified atom stereocenters. The maximum Gasteiger partial charge on any atom is 0.248 e. The molecule has 0 saturated carbocycles. The van der Waals surface area contributed by atoms with Gasteiger partial charge in [0, 0.05) is 35.4 Å². The monoisotopic (exact) mass is 336 g/mol. The lowest BCUT2D eigenvalue weighted by atomic mass is 10.2. The molecule has 2 amide bonds. The summed E-state index contributed by atoms with van der Waals surface area (Å²) in [7, 11) is 0. The summed E-state index contributed by atoms with van der Waals surface area (Å²) in [5.74, 6) is 0.482. The van der Waals surface area contributed by atoms with Crippen molar-refractivity contribution in [3.8, 4) is 11.4 Å². The lowest BCUT2D eigenvalue weighted by molar-refractivity contribution is -0.135. The minimum absolute atomic E-state index is 0.0539. The second kappa shape index (κ2) is 6.53. The average molecular weight is 336 g/mol. The Morgan fingerprint density at radius 1 is 1.55 bits per heavy atom. The molecular formula is C14H16N4O2S2. The fourth-order valence-electron chi connectivity index (χ4n) is 2.52. The predicted octanol–water partition coefficient (Wildman–Crippen LogP) is 2.61. The largest absolute Gasteiger partial charge is 0.331 e. The predicted molar refractivity (Wildman–Crippen MR) is 86.9 cm³/mol. The summed E-state index contributed by atoms with van der Waals surface area (Å²) in [4.78, 5) is 30.2. The zero-order chi connectivity index (χ0) is 15.5. The summed E-state index contributed by atoms with van der Waals surface area (Å²) < 4.78 is 4.25. The van der Waals surface area contributed by atoms with Crippen LogP contribution in [0.25, 0.3) is 11.4 Å². The van der Waals surface area contributed by atoms with Crippen LogP contribution in [0, 0.1) is 0 Å². The van der Waals surface area contributed by atoms with Crippen LogP contribution in [0.1, 0.15) is 26.2 Å². The molecule has 0 spiro atoms. The summed E-state index contributed by atoms with van der Waals surface area (Å²) in [5, 5.41) is 7.18. The van der Waals surface area contributed by atoms with E-state index in [-0.39, 0.29) is 11.8 Å². The molecule has 2 aromatic heterocycles. The summed E-state index contributed by atoms with van der Waals surface area (Å²) in [6.45, 7) is 2.56. The second-order valence-electron chi connectivity index (χ2n) is 5.04. The van der Waals surface area contributed by atoms with Crippen LogP contribution in [0.15, 0.2) is 16.8 Å². The lowest BCUT2D eigenvalue weighted by Gasteiger charge is -2.25. The molecule has 22 heavy (non-hydrogen) atoms. The topological polar surface area (TPSA) is 75.2 Å². The Morgan fingerprint density at radius 3 is 3.05 bits per heavy atom. The summed E-state index contributed by atoms with van der Waals surface area (Å²) in [6.07, 6.45) is 1.95. The van der Waals surface area contributed by atoms with Crippen LogP contribution in [0.4, 0.5) is 5.13 Å². The normalized spacial score (nSPS) is 16.0. The lowest BCUT2D eigenvalue weighted by Crippen LogP contribution is -2.44. The minimum atomic E-state index is -0.427. The zero-order valence-electron chi connectivity index (χ0n) is 12.1. The van der Waals surface area contributed by atoms with Gasteiger partial charge in [-0.05, 0) is 24.3 Å². The van der Waals surface area contributed by atoms with Gasteiger partial charge in [-0.15, -0.1) is 0 Å². The van der Waals surface area contributed by atoms with Crippen molar-refractivity contribution >= 4 is 39.8 Å². The van der Waals surface area contributed by atoms with Crippen molar-refractivity contribution in [3.05, 3.63) is 16.8 Å². The molecule has 6 nitrogen and oxygen atoms in total. The van der Waals surface area contributed by atoms with Gasteiger partial charge in [-0.3, -0.25) is 14.9 Å². The van der Waals surface area contributed by atoms with E-state index in [1.807, 2.05) is 23.8 Å². The Labute approximate surface area is 136 Å². The molecule has 1 aliphatic heterocycles. The maximum atomic E-state index is 12.4. The minimum Gasteiger partial charge on any atom is -0.331 e. The first-order valence-electron chi connectivity index (χ1n) is 7.15. The number of amides is 2. The number of hydrogen-bond donors (Lipinski definition) is 1. The molecule has 1 N–H and O–H groups in total. The first kappa shape index (κ1) is 15.1. The van der Waals surface area contributed by atoms with E-state index >= 15 is 0 Å². The van der Waals surface area contributed by atoms with Gasteiger partial charge in [0.25, 0.3) is 0 Å². The van der Waals surface area contributed by atoms with Crippen molar-refractivity contribution < 1.29 is 9.59 Å². The number of carbonyl (C=O) groups excluding carboxylic acids is 2. The number of rotatable bonds is 5. The Morgan fingerprint density at radius 2 is 2.41 bits per heavy atom. The van der Waals surface area contributed by atoms with Gasteiger partial charge in [-0.25, -0.2) is 0 Å². The second-order valence-corrected chi connectivity index (χ2v) is 6.57. The van der Waals surface area contributed by atoms with Gasteiger partial charge in [-0.2, -0.15) is 20.7 Å². The Hall–Kier alpha value is -1.80. The third-order valence-electron chi connectivity index (χ3n) is 3.61. The number of thiophene rings is 1. The molecule has 0 aliphatic carbocycles. The highest BCUT2D eigenvalue weighted by molar-refractivity contribution is 7.10. The number of carbonyl (C=O) groups is 2. The van der Waals surface area contributed by atoms with Crippen molar-refractivity contribution in [2.45, 2.75) is 32.2 Å². The van der Waals surface area contributed by atoms with E-state index < -0.39 is 6.04 Å². The molecule has 1 aliphatic rings. The van der Waals surface area contributed by atoms with Gasteiger partial charge in [0.1, 0.15) is 6.04 Å². The molecular weight excluding hydrogens is 320 g/mol. The van der Waals surface area contributed by atoms with Crippen LogP contribution < -0.4 is 5.32 Å². The SMILES string of the molecule is CCC(C(=O)Nc1nc(-c2ccsc2)ns1)N1CCCC1=O. The molecule has 1 saturated heterocycles. The molecule has 0 aromatic carbocycles. The van der Waals surface area contributed by atoms with E-state index in [1.54, 1.807) is 16.2 Å². The van der Waals surface area contributed by atoms with Gasteiger partial charge in [-0.1, -0.05) is 6.92 Å². The van der Waals surface area contributed by atoms with Gasteiger partial charge >= 0.3 is 0 Å². The molecule has 1 atom stereocenters. The van der Waals surface area contributed by atoms with Crippen LogP contribution in [0.2, 0.25) is 0 Å². The van der Waals surface area contributed by atoms with Gasteiger partial charge in [0.05, 0.1) is 0 Å². The maximum absolute atomic E-state index is 12.4. The Balaban J connectivity index is 1.69. The molecule has 8 heteroatoms. The number of hydrogen-bond acceptors (Lipinski definition) is 6. The van der Waals surface area contributed by atoms with E-state index in [2.05, 4.69) is 14.7 Å². The molecule has 1 fully saturated rings. The smallest absolute Gasteiger partial charge is 0.248 e. The highest BCUT2D eigenvalue weighted by Crippen LogP contribution is 2.24. The van der Waals surface area contributed by atoms with Gasteiger partial charge < -0.3 is 4.90 Å². The zero-order valence-corrected chi connectivity index (χ0v) is 13.7. The van der Waals surface area contributed by atoms with Crippen molar-refractivity contribution in [3.63, 3.8) is 0 Å². The van der Waals surface area contributed by atoms with E-state index in [4.69, 9.17) is 0 Å². The first-order chi connectivity index (χ1) is 10.7. The third-order valence-corrected chi connectivity index (χ3v) is 4.92. The molecule has 116 valence electrons. The quantitative estimate of drug-likeness (QED) is 0.911. The van der Waals surface area contributed by atoms with Crippen LogP contribution >= 0.6 is 22.9 Å². The average Bonchev–Trinajstić information content (AvgIpc) is 3.21. The Bertz CT molecular complexity index is 668. The fraction of sp³-hybridized carbons (Fsp3) is 0.429. The number of anilines is 1. The Kier molecular flexibility index (Phi) is 4.49. The summed E-state index contributed by atoms with van der Waals surface area (Å²) >= 11 is 2.73. The highest BCUT2D eigenvalue weighted by Gasteiger charge is 2.31. The highest BCUT2D eigenvalue weighted by atomic mass is 32.1. The van der Waals surface area contributed by atoms with Crippen LogP contribution in [0.3, 0.4) is 0 Å². The third kappa shape index (κ3) is 3.02. The van der Waals surface area contributed by atoms with Crippen molar-refractivity contribution in [2.24, 2.45) is 0 Å². The number of aromatic nitrogens is 2. The number of nitrogens with one attached hydrogen (secondary N) is 1. The molecule has 0 bridgehead atoms. The fourth-order valence-corrected chi connectivity index (χ4v) is 3.74.